The van der Waals surface area contributed by atoms with Gasteiger partial charge in [-0.25, -0.2) is 10.9 Å². The standard InChI is InChI=1S/C45H75N7O8S/c1-11-32(4)41(51(8)33(5)30-48-44(55)40(31(2)3)50(7)21-22-58-23-24-59-25-26-60-46)38(56-9)29-39(53)52-20-15-18-37(52)42(57-10)34(6)43(54)49-36(45-47-19-27-61-45)28-35-16-13-12-14-17-35/h12-14,16-17,19,27,31-32,34,36-38,40-42H,5,11,15,18,20-26,28-30,46H2,1-4,6-10H3,(H,48,55)(H,49,54). The molecule has 1 aromatic carbocycles. The van der Waals surface area contributed by atoms with Gasteiger partial charge in [0.1, 0.15) is 5.01 Å². The lowest BCUT2D eigenvalue weighted by atomic mass is 9.90. The predicted octanol–water partition coefficient (Wildman–Crippen LogP) is 4.45. The minimum atomic E-state index is -0.534. The second-order valence-corrected chi connectivity index (χ2v) is 17.3. The molecule has 0 saturated carbocycles. The van der Waals surface area contributed by atoms with E-state index in [0.29, 0.717) is 58.2 Å². The molecule has 2 aromatic rings. The second kappa shape index (κ2) is 27.6. The van der Waals surface area contributed by atoms with Crippen LogP contribution in [0.1, 0.15) is 76.9 Å². The molecule has 15 nitrogen and oxygen atoms in total. The molecular weight excluding hydrogens is 799 g/mol. The van der Waals surface area contributed by atoms with Gasteiger partial charge in [0.15, 0.2) is 0 Å². The normalized spacial score (nSPS) is 17.7. The van der Waals surface area contributed by atoms with Crippen LogP contribution in [0.25, 0.3) is 0 Å². The van der Waals surface area contributed by atoms with Gasteiger partial charge < -0.3 is 44.2 Å². The third kappa shape index (κ3) is 16.0. The first-order valence-electron chi connectivity index (χ1n) is 21.7. The Labute approximate surface area is 369 Å². The maximum absolute atomic E-state index is 14.3. The van der Waals surface area contributed by atoms with Crippen LogP contribution in [0, 0.1) is 17.8 Å². The average Bonchev–Trinajstić information content (AvgIpc) is 3.97. The van der Waals surface area contributed by atoms with Gasteiger partial charge in [-0.15, -0.1) is 11.3 Å². The number of nitrogens with two attached hydrogens (primary N) is 1. The summed E-state index contributed by atoms with van der Waals surface area (Å²) in [7, 11) is 7.13. The summed E-state index contributed by atoms with van der Waals surface area (Å²) >= 11 is 1.51. The highest BCUT2D eigenvalue weighted by Crippen LogP contribution is 2.31. The number of nitrogens with one attached hydrogen (secondary N) is 2. The highest BCUT2D eigenvalue weighted by atomic mass is 32.1. The van der Waals surface area contributed by atoms with E-state index in [1.54, 1.807) is 20.4 Å². The van der Waals surface area contributed by atoms with E-state index in [-0.39, 0.29) is 66.7 Å². The van der Waals surface area contributed by atoms with E-state index in [9.17, 15) is 14.4 Å². The summed E-state index contributed by atoms with van der Waals surface area (Å²) in [4.78, 5) is 56.8. The van der Waals surface area contributed by atoms with Crippen LogP contribution in [0.3, 0.4) is 0 Å². The van der Waals surface area contributed by atoms with Crippen LogP contribution in [0.15, 0.2) is 54.2 Å². The van der Waals surface area contributed by atoms with Gasteiger partial charge >= 0.3 is 0 Å². The Morgan fingerprint density at radius 3 is 2.30 bits per heavy atom. The molecule has 0 bridgehead atoms. The van der Waals surface area contributed by atoms with E-state index in [2.05, 4.69) is 45.8 Å². The summed E-state index contributed by atoms with van der Waals surface area (Å²) < 4.78 is 23.3. The Kier molecular flexibility index (Phi) is 23.4. The van der Waals surface area contributed by atoms with Gasteiger partial charge in [0, 0.05) is 51.6 Å². The fourth-order valence-corrected chi connectivity index (χ4v) is 9.03. The van der Waals surface area contributed by atoms with Crippen LogP contribution in [0.5, 0.6) is 0 Å². The van der Waals surface area contributed by atoms with Crippen molar-refractivity contribution in [3.05, 3.63) is 64.8 Å². The molecule has 0 aliphatic carbocycles. The van der Waals surface area contributed by atoms with Crippen LogP contribution < -0.4 is 16.5 Å². The Bertz CT molecular complexity index is 1570. The molecule has 16 heteroatoms. The third-order valence-corrected chi connectivity index (χ3v) is 12.8. The van der Waals surface area contributed by atoms with Crippen LogP contribution >= 0.6 is 11.3 Å². The maximum atomic E-state index is 14.3. The first kappa shape index (κ1) is 51.9. The van der Waals surface area contributed by atoms with Crippen molar-refractivity contribution in [2.75, 3.05) is 81.0 Å². The maximum Gasteiger partial charge on any atom is 0.237 e. The fourth-order valence-electron chi connectivity index (χ4n) is 8.34. The zero-order valence-electron chi connectivity index (χ0n) is 38.2. The highest BCUT2D eigenvalue weighted by Gasteiger charge is 2.42. The van der Waals surface area contributed by atoms with Gasteiger partial charge in [0.2, 0.25) is 17.7 Å². The SMILES string of the molecule is C=C(CNC(=O)C(C(C)C)N(C)CCOCCOCCON)N(C)C(C(C)CC)C(CC(=O)N1CCCC1C(OC)C(C)C(=O)NC(Cc1ccccc1)c1nccs1)OC. The molecule has 1 aliphatic heterocycles. The topological polar surface area (TPSA) is 170 Å². The lowest BCUT2D eigenvalue weighted by Crippen LogP contribution is -2.53. The number of likely N-dealkylation sites (N-methyl/N-ethyl adjacent to an activating group) is 2. The number of ether oxygens (including phenoxy) is 4. The molecule has 4 N–H and O–H groups in total. The van der Waals surface area contributed by atoms with E-state index in [4.69, 9.17) is 24.8 Å². The van der Waals surface area contributed by atoms with Crippen molar-refractivity contribution >= 4 is 29.1 Å². The van der Waals surface area contributed by atoms with Crippen molar-refractivity contribution in [3.63, 3.8) is 0 Å². The van der Waals surface area contributed by atoms with E-state index in [0.717, 1.165) is 29.8 Å². The molecule has 1 aromatic heterocycles. The second-order valence-electron chi connectivity index (χ2n) is 16.4. The summed E-state index contributed by atoms with van der Waals surface area (Å²) in [5, 5.41) is 9.12. The molecule has 344 valence electrons. The molecule has 3 amide bonds. The Balaban J connectivity index is 1.64. The Hall–Kier alpha value is -3.48. The number of rotatable bonds is 30. The minimum absolute atomic E-state index is 0.0464. The molecule has 1 saturated heterocycles. The first-order chi connectivity index (χ1) is 29.3. The smallest absolute Gasteiger partial charge is 0.237 e. The first-order valence-corrected chi connectivity index (χ1v) is 22.6. The quantitative estimate of drug-likeness (QED) is 0.0747. The molecule has 8 unspecified atom stereocenters. The average molecular weight is 874 g/mol. The largest absolute Gasteiger partial charge is 0.379 e. The van der Waals surface area contributed by atoms with Gasteiger partial charge in [-0.05, 0) is 43.7 Å². The summed E-state index contributed by atoms with van der Waals surface area (Å²) in [6.45, 7) is 18.0. The number of nitrogens with zero attached hydrogens (tertiary/aromatic N) is 4. The number of hydrogen-bond donors (Lipinski definition) is 3. The zero-order valence-corrected chi connectivity index (χ0v) is 39.0. The Morgan fingerprint density at radius 2 is 1.69 bits per heavy atom. The number of thiazole rings is 1. The van der Waals surface area contributed by atoms with Crippen LogP contribution in [0.2, 0.25) is 0 Å². The predicted molar refractivity (Wildman–Crippen MR) is 239 cm³/mol. The molecule has 61 heavy (non-hydrogen) atoms. The molecule has 2 heterocycles. The monoisotopic (exact) mass is 874 g/mol. The summed E-state index contributed by atoms with van der Waals surface area (Å²) in [6.07, 6.45) is 3.91. The molecule has 0 radical (unpaired) electrons. The number of methoxy groups -OCH3 is 2. The summed E-state index contributed by atoms with van der Waals surface area (Å²) in [5.74, 6) is 4.38. The summed E-state index contributed by atoms with van der Waals surface area (Å²) in [5.41, 5.74) is 1.81. The minimum Gasteiger partial charge on any atom is -0.379 e. The van der Waals surface area contributed by atoms with Crippen LogP contribution in [-0.2, 0) is 44.6 Å². The van der Waals surface area contributed by atoms with Crippen molar-refractivity contribution < 1.29 is 38.2 Å². The van der Waals surface area contributed by atoms with Gasteiger partial charge in [-0.1, -0.05) is 78.0 Å². The van der Waals surface area contributed by atoms with Gasteiger partial charge in [0.05, 0.1) is 88.3 Å². The number of carbonyl (C=O) groups is 3. The molecule has 0 spiro atoms. The Morgan fingerprint density at radius 1 is 1.00 bits per heavy atom. The lowest BCUT2D eigenvalue weighted by Gasteiger charge is -2.41. The number of hydrogen-bond acceptors (Lipinski definition) is 13. The highest BCUT2D eigenvalue weighted by molar-refractivity contribution is 7.09. The van der Waals surface area contributed by atoms with E-state index >= 15 is 0 Å². The number of carbonyl (C=O) groups excluding carboxylic acids is 3. The third-order valence-electron chi connectivity index (χ3n) is 11.9. The van der Waals surface area contributed by atoms with Gasteiger partial charge in [0.25, 0.3) is 0 Å². The fraction of sp³-hybridized carbons (Fsp3) is 0.689. The van der Waals surface area contributed by atoms with Crippen molar-refractivity contribution in [2.24, 2.45) is 23.7 Å². The summed E-state index contributed by atoms with van der Waals surface area (Å²) in [6, 6.07) is 8.91. The van der Waals surface area contributed by atoms with Gasteiger partial charge in [-0.3, -0.25) is 19.3 Å². The molecule has 3 rings (SSSR count). The number of benzene rings is 1. The number of likely N-dealkylation sites (tertiary alicyclic amines) is 1. The molecule has 1 fully saturated rings. The van der Waals surface area contributed by atoms with Crippen molar-refractivity contribution in [3.8, 4) is 0 Å². The van der Waals surface area contributed by atoms with Gasteiger partial charge in [-0.2, -0.15) is 0 Å². The lowest BCUT2D eigenvalue weighted by molar-refractivity contribution is -0.143. The van der Waals surface area contributed by atoms with E-state index < -0.39 is 18.1 Å². The van der Waals surface area contributed by atoms with E-state index in [1.165, 1.54) is 11.3 Å². The van der Waals surface area contributed by atoms with Crippen LogP contribution in [-0.4, -0.2) is 149 Å². The number of aromatic nitrogens is 1. The zero-order chi connectivity index (χ0) is 44.9. The van der Waals surface area contributed by atoms with E-state index in [1.807, 2.05) is 80.4 Å². The van der Waals surface area contributed by atoms with Crippen LogP contribution in [0.4, 0.5) is 0 Å². The van der Waals surface area contributed by atoms with Crippen molar-refractivity contribution in [1.82, 2.24) is 30.3 Å². The number of amides is 3. The van der Waals surface area contributed by atoms with Crippen molar-refractivity contribution in [1.29, 1.82) is 0 Å². The molecule has 8 atom stereocenters. The van der Waals surface area contributed by atoms with Crippen molar-refractivity contribution in [2.45, 2.75) is 103 Å². The molecular formula is C45H75N7O8S. The molecule has 1 aliphatic rings.